The molecule has 0 saturated carbocycles. The lowest BCUT2D eigenvalue weighted by molar-refractivity contribution is 0.448. The molecule has 0 saturated heterocycles. The second kappa shape index (κ2) is 5.21. The zero-order chi connectivity index (χ0) is 12.3. The normalized spacial score (nSPS) is 16.3. The Hall–Kier alpha value is -1.52. The van der Waals surface area contributed by atoms with Crippen molar-refractivity contribution in [3.8, 4) is 0 Å². The molecule has 0 atom stereocenters. The van der Waals surface area contributed by atoms with Gasteiger partial charge in [0.25, 0.3) is 0 Å². The smallest absolute Gasteiger partial charge is 0.194 e. The van der Waals surface area contributed by atoms with Crippen LogP contribution >= 0.6 is 0 Å². The van der Waals surface area contributed by atoms with Gasteiger partial charge in [-0.05, 0) is 12.8 Å². The van der Waals surface area contributed by atoms with Crippen molar-refractivity contribution in [1.82, 2.24) is 0 Å². The third kappa shape index (κ3) is 2.99. The van der Waals surface area contributed by atoms with E-state index in [1.807, 2.05) is 0 Å². The van der Waals surface area contributed by atoms with Gasteiger partial charge >= 0.3 is 0 Å². The summed E-state index contributed by atoms with van der Waals surface area (Å²) in [6, 6.07) is 1.87. The van der Waals surface area contributed by atoms with Crippen molar-refractivity contribution in [2.75, 3.05) is 11.9 Å². The summed E-state index contributed by atoms with van der Waals surface area (Å²) in [5.41, 5.74) is 0.196. The van der Waals surface area contributed by atoms with Crippen molar-refractivity contribution in [1.29, 1.82) is 0 Å². The van der Waals surface area contributed by atoms with Gasteiger partial charge in [-0.15, -0.1) is 0 Å². The molecule has 5 heteroatoms. The second-order valence-corrected chi connectivity index (χ2v) is 4.02. The topological polar surface area (TPSA) is 24.4 Å². The number of rotatable bonds is 1. The zero-order valence-corrected chi connectivity index (χ0v) is 9.27. The van der Waals surface area contributed by atoms with Crippen LogP contribution in [0, 0.1) is 17.5 Å². The molecular formula is C12H13F3N2. The summed E-state index contributed by atoms with van der Waals surface area (Å²) in [5.74, 6) is -3.13. The number of nitrogens with one attached hydrogen (secondary N) is 1. The molecule has 2 rings (SSSR count). The van der Waals surface area contributed by atoms with E-state index in [2.05, 4.69) is 10.3 Å². The average Bonchev–Trinajstić information content (AvgIpc) is 2.54. The lowest BCUT2D eigenvalue weighted by Crippen LogP contribution is -2.12. The highest BCUT2D eigenvalue weighted by molar-refractivity contribution is 5.95. The van der Waals surface area contributed by atoms with Gasteiger partial charge in [0.1, 0.15) is 5.84 Å². The van der Waals surface area contributed by atoms with Crippen LogP contribution in [0.2, 0.25) is 0 Å². The van der Waals surface area contributed by atoms with E-state index in [0.717, 1.165) is 37.8 Å². The molecule has 17 heavy (non-hydrogen) atoms. The van der Waals surface area contributed by atoms with Crippen molar-refractivity contribution in [3.63, 3.8) is 0 Å². The number of anilines is 1. The van der Waals surface area contributed by atoms with Crippen molar-refractivity contribution in [2.24, 2.45) is 4.99 Å². The lowest BCUT2D eigenvalue weighted by Gasteiger charge is -2.09. The zero-order valence-electron chi connectivity index (χ0n) is 9.27. The van der Waals surface area contributed by atoms with Crippen LogP contribution in [-0.4, -0.2) is 12.4 Å². The Morgan fingerprint density at radius 1 is 1.00 bits per heavy atom. The summed E-state index contributed by atoms with van der Waals surface area (Å²) in [5, 5.41) is 2.83. The molecule has 0 radical (unpaired) electrons. The molecule has 1 aromatic rings. The molecule has 2 nitrogen and oxygen atoms in total. The van der Waals surface area contributed by atoms with Gasteiger partial charge < -0.3 is 5.32 Å². The maximum Gasteiger partial charge on any atom is 0.194 e. The van der Waals surface area contributed by atoms with Crippen molar-refractivity contribution < 1.29 is 13.2 Å². The van der Waals surface area contributed by atoms with E-state index in [4.69, 9.17) is 0 Å². The molecule has 0 amide bonds. The summed E-state index contributed by atoms with van der Waals surface area (Å²) in [4.78, 5) is 4.27. The fraction of sp³-hybridized carbons (Fsp3) is 0.417. The van der Waals surface area contributed by atoms with Gasteiger partial charge in [0.15, 0.2) is 17.5 Å². The maximum absolute atomic E-state index is 13.0. The SMILES string of the molecule is Fc1cc(NC2=NCCCCC2)cc(F)c1F. The highest BCUT2D eigenvalue weighted by atomic mass is 19.2. The minimum absolute atomic E-state index is 0.196. The molecule has 0 aromatic heterocycles. The van der Waals surface area contributed by atoms with Crippen LogP contribution in [0.4, 0.5) is 18.9 Å². The number of nitrogens with zero attached hydrogens (tertiary/aromatic N) is 1. The predicted molar refractivity (Wildman–Crippen MR) is 60.7 cm³/mol. The Balaban J connectivity index is 2.15. The third-order valence-corrected chi connectivity index (χ3v) is 2.65. The van der Waals surface area contributed by atoms with Gasteiger partial charge in [0.2, 0.25) is 0 Å². The Kier molecular flexibility index (Phi) is 3.66. The van der Waals surface area contributed by atoms with Crippen LogP contribution in [0.5, 0.6) is 0 Å². The molecule has 0 spiro atoms. The van der Waals surface area contributed by atoms with Crippen LogP contribution in [-0.2, 0) is 0 Å². The minimum Gasteiger partial charge on any atom is -0.344 e. The van der Waals surface area contributed by atoms with E-state index in [9.17, 15) is 13.2 Å². The van der Waals surface area contributed by atoms with Crippen LogP contribution < -0.4 is 5.32 Å². The standard InChI is InChI=1S/C12H13F3N2/c13-9-6-8(7-10(14)12(9)15)17-11-4-2-1-3-5-16-11/h6-7H,1-5H2,(H,16,17). The molecule has 1 heterocycles. The van der Waals surface area contributed by atoms with E-state index >= 15 is 0 Å². The van der Waals surface area contributed by atoms with Crippen LogP contribution in [0.3, 0.4) is 0 Å². The fourth-order valence-electron chi connectivity index (χ4n) is 1.77. The van der Waals surface area contributed by atoms with Gasteiger partial charge in [-0.2, -0.15) is 0 Å². The predicted octanol–water partition coefficient (Wildman–Crippen LogP) is 3.49. The van der Waals surface area contributed by atoms with Gasteiger partial charge in [-0.25, -0.2) is 13.2 Å². The Bertz CT molecular complexity index is 420. The first kappa shape index (κ1) is 12.0. The molecule has 1 aromatic carbocycles. The first-order chi connectivity index (χ1) is 8.16. The summed E-state index contributed by atoms with van der Waals surface area (Å²) in [7, 11) is 0. The number of benzene rings is 1. The number of hydrogen-bond donors (Lipinski definition) is 1. The molecule has 1 N–H and O–H groups in total. The van der Waals surface area contributed by atoms with Gasteiger partial charge in [0, 0.05) is 30.8 Å². The number of amidine groups is 1. The van der Waals surface area contributed by atoms with E-state index in [0.29, 0.717) is 12.4 Å². The lowest BCUT2D eigenvalue weighted by atomic mass is 10.2. The Labute approximate surface area is 97.6 Å². The maximum atomic E-state index is 13.0. The molecule has 1 aliphatic heterocycles. The van der Waals surface area contributed by atoms with Crippen LogP contribution in [0.15, 0.2) is 17.1 Å². The first-order valence-electron chi connectivity index (χ1n) is 5.62. The molecule has 1 aliphatic rings. The first-order valence-corrected chi connectivity index (χ1v) is 5.62. The van der Waals surface area contributed by atoms with E-state index in [1.165, 1.54) is 0 Å². The summed E-state index contributed by atoms with van der Waals surface area (Å²) in [6.07, 6.45) is 3.87. The molecule has 0 fully saturated rings. The minimum atomic E-state index is -1.45. The Morgan fingerprint density at radius 3 is 2.41 bits per heavy atom. The molecule has 0 bridgehead atoms. The molecular weight excluding hydrogens is 229 g/mol. The highest BCUT2D eigenvalue weighted by Gasteiger charge is 2.12. The second-order valence-electron chi connectivity index (χ2n) is 4.02. The van der Waals surface area contributed by atoms with Crippen molar-refractivity contribution in [2.45, 2.75) is 25.7 Å². The van der Waals surface area contributed by atoms with Gasteiger partial charge in [0.05, 0.1) is 0 Å². The third-order valence-electron chi connectivity index (χ3n) is 2.65. The van der Waals surface area contributed by atoms with Gasteiger partial charge in [-0.1, -0.05) is 6.42 Å². The van der Waals surface area contributed by atoms with Crippen molar-refractivity contribution in [3.05, 3.63) is 29.6 Å². The molecule has 92 valence electrons. The van der Waals surface area contributed by atoms with E-state index in [1.54, 1.807) is 0 Å². The molecule has 0 unspecified atom stereocenters. The fourth-order valence-corrected chi connectivity index (χ4v) is 1.77. The number of halogens is 3. The van der Waals surface area contributed by atoms with E-state index in [-0.39, 0.29) is 5.69 Å². The highest BCUT2D eigenvalue weighted by Crippen LogP contribution is 2.18. The number of hydrogen-bond acceptors (Lipinski definition) is 2. The quantitative estimate of drug-likeness (QED) is 0.749. The summed E-state index contributed by atoms with van der Waals surface area (Å²) in [6.45, 7) is 0.717. The van der Waals surface area contributed by atoms with Crippen LogP contribution in [0.1, 0.15) is 25.7 Å². The van der Waals surface area contributed by atoms with Crippen molar-refractivity contribution >= 4 is 11.5 Å². The Morgan fingerprint density at radius 2 is 1.71 bits per heavy atom. The summed E-state index contributed by atoms with van der Waals surface area (Å²) >= 11 is 0. The van der Waals surface area contributed by atoms with Crippen LogP contribution in [0.25, 0.3) is 0 Å². The number of aliphatic imine (C=N–C) groups is 1. The largest absolute Gasteiger partial charge is 0.344 e. The summed E-state index contributed by atoms with van der Waals surface area (Å²) < 4.78 is 38.7. The monoisotopic (exact) mass is 242 g/mol. The average molecular weight is 242 g/mol. The molecule has 0 aliphatic carbocycles. The van der Waals surface area contributed by atoms with E-state index < -0.39 is 17.5 Å². The van der Waals surface area contributed by atoms with Gasteiger partial charge in [-0.3, -0.25) is 4.99 Å².